The first-order chi connectivity index (χ1) is 11.8. The van der Waals surface area contributed by atoms with Crippen molar-refractivity contribution in [1.29, 1.82) is 0 Å². The lowest BCUT2D eigenvalue weighted by molar-refractivity contribution is -0.116. The van der Waals surface area contributed by atoms with E-state index in [1.54, 1.807) is 38.2 Å². The Kier molecular flexibility index (Phi) is 5.71. The number of rotatable bonds is 5. The Balaban J connectivity index is 2.24. The van der Waals surface area contributed by atoms with Crippen LogP contribution in [0.25, 0.3) is 0 Å². The molecular formula is C18H22N4O3. The van der Waals surface area contributed by atoms with Gasteiger partial charge in [-0.05, 0) is 44.8 Å². The van der Waals surface area contributed by atoms with Gasteiger partial charge in [0.05, 0.1) is 23.5 Å². The number of amides is 2. The van der Waals surface area contributed by atoms with E-state index in [1.165, 1.54) is 22.9 Å². The van der Waals surface area contributed by atoms with E-state index in [9.17, 15) is 14.4 Å². The van der Waals surface area contributed by atoms with Crippen molar-refractivity contribution in [3.05, 3.63) is 58.0 Å². The van der Waals surface area contributed by atoms with E-state index >= 15 is 0 Å². The molecule has 132 valence electrons. The Morgan fingerprint density at radius 1 is 1.08 bits per heavy atom. The van der Waals surface area contributed by atoms with Crippen molar-refractivity contribution in [1.82, 2.24) is 9.47 Å². The van der Waals surface area contributed by atoms with Crippen LogP contribution in [-0.2, 0) is 11.8 Å². The molecule has 7 nitrogen and oxygen atoms in total. The van der Waals surface area contributed by atoms with E-state index in [4.69, 9.17) is 0 Å². The molecule has 0 saturated heterocycles. The van der Waals surface area contributed by atoms with Gasteiger partial charge in [0, 0.05) is 19.3 Å². The molecule has 25 heavy (non-hydrogen) atoms. The summed E-state index contributed by atoms with van der Waals surface area (Å²) in [5.41, 5.74) is 2.14. The monoisotopic (exact) mass is 342 g/mol. The zero-order valence-electron chi connectivity index (χ0n) is 14.8. The molecule has 0 unspecified atom stereocenters. The summed E-state index contributed by atoms with van der Waals surface area (Å²) in [5.74, 6) is -0.532. The normalized spacial score (nSPS) is 10.6. The molecule has 2 rings (SSSR count). The SMILES string of the molecule is Cc1ccc(NC(=O)CN(C)C)c(NC(=O)c2ccc(=O)n(C)c2)c1. The van der Waals surface area contributed by atoms with Crippen molar-refractivity contribution in [2.24, 2.45) is 7.05 Å². The highest BCUT2D eigenvalue weighted by Gasteiger charge is 2.12. The van der Waals surface area contributed by atoms with Gasteiger partial charge < -0.3 is 20.1 Å². The van der Waals surface area contributed by atoms with Crippen LogP contribution in [0.4, 0.5) is 11.4 Å². The predicted octanol–water partition coefficient (Wildman–Crippen LogP) is 1.45. The van der Waals surface area contributed by atoms with E-state index in [0.29, 0.717) is 16.9 Å². The summed E-state index contributed by atoms with van der Waals surface area (Å²) >= 11 is 0. The minimum atomic E-state index is -0.357. The molecule has 0 radical (unpaired) electrons. The number of hydrogen-bond donors (Lipinski definition) is 2. The van der Waals surface area contributed by atoms with Crippen LogP contribution in [0.2, 0.25) is 0 Å². The quantitative estimate of drug-likeness (QED) is 0.861. The van der Waals surface area contributed by atoms with Gasteiger partial charge in [0.2, 0.25) is 11.5 Å². The molecule has 2 amide bonds. The van der Waals surface area contributed by atoms with Crippen LogP contribution in [0, 0.1) is 6.92 Å². The van der Waals surface area contributed by atoms with E-state index in [-0.39, 0.29) is 23.9 Å². The fourth-order valence-electron chi connectivity index (χ4n) is 2.27. The van der Waals surface area contributed by atoms with Gasteiger partial charge in [-0.1, -0.05) is 6.07 Å². The molecule has 0 fully saturated rings. The average molecular weight is 342 g/mol. The average Bonchev–Trinajstić information content (AvgIpc) is 2.51. The highest BCUT2D eigenvalue weighted by molar-refractivity contribution is 6.07. The van der Waals surface area contributed by atoms with Crippen LogP contribution in [0.15, 0.2) is 41.3 Å². The van der Waals surface area contributed by atoms with Crippen molar-refractivity contribution in [2.75, 3.05) is 31.3 Å². The molecule has 0 bridgehead atoms. The van der Waals surface area contributed by atoms with Gasteiger partial charge >= 0.3 is 0 Å². The number of hydrogen-bond acceptors (Lipinski definition) is 4. The Hall–Kier alpha value is -2.93. The lowest BCUT2D eigenvalue weighted by atomic mass is 10.1. The topological polar surface area (TPSA) is 83.4 Å². The van der Waals surface area contributed by atoms with Gasteiger partial charge in [-0.15, -0.1) is 0 Å². The smallest absolute Gasteiger partial charge is 0.257 e. The third-order valence-corrected chi connectivity index (χ3v) is 3.51. The first kappa shape index (κ1) is 18.4. The minimum absolute atomic E-state index is 0.175. The number of carbonyl (C=O) groups is 2. The van der Waals surface area contributed by atoms with Gasteiger partial charge in [0.15, 0.2) is 0 Å². The maximum absolute atomic E-state index is 12.5. The lowest BCUT2D eigenvalue weighted by Gasteiger charge is -2.15. The fourth-order valence-corrected chi connectivity index (χ4v) is 2.27. The molecular weight excluding hydrogens is 320 g/mol. The zero-order valence-corrected chi connectivity index (χ0v) is 14.8. The number of likely N-dealkylation sites (N-methyl/N-ethyl adjacent to an activating group) is 1. The zero-order chi connectivity index (χ0) is 18.6. The van der Waals surface area contributed by atoms with Crippen LogP contribution in [0.5, 0.6) is 0 Å². The molecule has 1 aromatic carbocycles. The Labute approximate surface area is 146 Å². The third-order valence-electron chi connectivity index (χ3n) is 3.51. The number of carbonyl (C=O) groups excluding carboxylic acids is 2. The number of aryl methyl sites for hydroxylation is 2. The number of aromatic nitrogens is 1. The van der Waals surface area contributed by atoms with Crippen LogP contribution in [-0.4, -0.2) is 41.9 Å². The van der Waals surface area contributed by atoms with Crippen molar-refractivity contribution < 1.29 is 9.59 Å². The first-order valence-electron chi connectivity index (χ1n) is 7.79. The summed E-state index contributed by atoms with van der Waals surface area (Å²) in [6, 6.07) is 8.19. The lowest BCUT2D eigenvalue weighted by Crippen LogP contribution is -2.27. The Bertz CT molecular complexity index is 856. The number of anilines is 2. The fraction of sp³-hybridized carbons (Fsp3) is 0.278. The molecule has 7 heteroatoms. The maximum atomic E-state index is 12.5. The van der Waals surface area contributed by atoms with Gasteiger partial charge in [-0.2, -0.15) is 0 Å². The van der Waals surface area contributed by atoms with E-state index in [2.05, 4.69) is 10.6 Å². The summed E-state index contributed by atoms with van der Waals surface area (Å²) in [5, 5.41) is 5.59. The summed E-state index contributed by atoms with van der Waals surface area (Å²) in [4.78, 5) is 37.6. The first-order valence-corrected chi connectivity index (χ1v) is 7.79. The Morgan fingerprint density at radius 2 is 1.80 bits per heavy atom. The second-order valence-corrected chi connectivity index (χ2v) is 6.16. The molecule has 0 atom stereocenters. The van der Waals surface area contributed by atoms with Crippen molar-refractivity contribution in [2.45, 2.75) is 6.92 Å². The van der Waals surface area contributed by atoms with Crippen LogP contribution >= 0.6 is 0 Å². The molecule has 0 aliphatic rings. The van der Waals surface area contributed by atoms with Gasteiger partial charge in [-0.3, -0.25) is 14.4 Å². The van der Waals surface area contributed by atoms with Crippen molar-refractivity contribution in [3.8, 4) is 0 Å². The van der Waals surface area contributed by atoms with Gasteiger partial charge in [-0.25, -0.2) is 0 Å². The second-order valence-electron chi connectivity index (χ2n) is 6.16. The van der Waals surface area contributed by atoms with Gasteiger partial charge in [0.1, 0.15) is 0 Å². The highest BCUT2D eigenvalue weighted by Crippen LogP contribution is 2.23. The predicted molar refractivity (Wildman–Crippen MR) is 98.0 cm³/mol. The van der Waals surface area contributed by atoms with E-state index < -0.39 is 0 Å². The van der Waals surface area contributed by atoms with Crippen molar-refractivity contribution in [3.63, 3.8) is 0 Å². The van der Waals surface area contributed by atoms with Gasteiger partial charge in [0.25, 0.3) is 5.91 Å². The number of nitrogens with one attached hydrogen (secondary N) is 2. The molecule has 0 spiro atoms. The number of pyridine rings is 1. The molecule has 2 aromatic rings. The third kappa shape index (κ3) is 5.02. The summed E-state index contributed by atoms with van der Waals surface area (Å²) in [7, 11) is 5.19. The van der Waals surface area contributed by atoms with E-state index in [1.807, 2.05) is 13.0 Å². The molecule has 0 aliphatic carbocycles. The second kappa shape index (κ2) is 7.76. The summed E-state index contributed by atoms with van der Waals surface area (Å²) in [6.45, 7) is 2.13. The van der Waals surface area contributed by atoms with Crippen LogP contribution < -0.4 is 16.2 Å². The standard InChI is InChI=1S/C18H22N4O3/c1-12-5-7-14(19-16(23)11-21(2)3)15(9-12)20-18(25)13-6-8-17(24)22(4)10-13/h5-10H,11H2,1-4H3,(H,19,23)(H,20,25). The molecule has 0 aliphatic heterocycles. The Morgan fingerprint density at radius 3 is 2.44 bits per heavy atom. The molecule has 1 aromatic heterocycles. The minimum Gasteiger partial charge on any atom is -0.323 e. The number of nitrogens with zero attached hydrogens (tertiary/aromatic N) is 2. The summed E-state index contributed by atoms with van der Waals surface area (Å²) in [6.07, 6.45) is 1.47. The molecule has 0 saturated carbocycles. The highest BCUT2D eigenvalue weighted by atomic mass is 16.2. The van der Waals surface area contributed by atoms with E-state index in [0.717, 1.165) is 5.56 Å². The number of benzene rings is 1. The summed E-state index contributed by atoms with van der Waals surface area (Å²) < 4.78 is 1.34. The molecule has 1 heterocycles. The van der Waals surface area contributed by atoms with Crippen LogP contribution in [0.3, 0.4) is 0 Å². The van der Waals surface area contributed by atoms with Crippen molar-refractivity contribution >= 4 is 23.2 Å². The molecule has 2 N–H and O–H groups in total. The van der Waals surface area contributed by atoms with Crippen LogP contribution in [0.1, 0.15) is 15.9 Å². The largest absolute Gasteiger partial charge is 0.323 e. The maximum Gasteiger partial charge on any atom is 0.257 e.